The molecule has 0 aliphatic carbocycles. The average Bonchev–Trinajstić information content (AvgIpc) is 2.38. The molecule has 0 fully saturated rings. The second-order valence-electron chi connectivity index (χ2n) is 4.91. The largest absolute Gasteiger partial charge is 0.463 e. The standard InChI is InChI=1S/C15H21NO4/c1-10(2)20-15(19)13(11(3)17)9-16-14(18)12-7-5-4-6-8-12/h4-8,10-11,13,17H,9H2,1-3H3,(H,16,18)/t11-,13+/m0/s1. The molecule has 5 heteroatoms. The predicted octanol–water partition coefficient (Wildman–Crippen LogP) is 1.36. The molecule has 0 spiro atoms. The van der Waals surface area contributed by atoms with Crippen molar-refractivity contribution < 1.29 is 19.4 Å². The van der Waals surface area contributed by atoms with Crippen LogP contribution in [0.2, 0.25) is 0 Å². The third-order valence-corrected chi connectivity index (χ3v) is 2.76. The van der Waals surface area contributed by atoms with Gasteiger partial charge in [-0.3, -0.25) is 9.59 Å². The fourth-order valence-electron chi connectivity index (χ4n) is 1.66. The molecule has 2 atom stereocenters. The van der Waals surface area contributed by atoms with Crippen molar-refractivity contribution in [1.82, 2.24) is 5.32 Å². The Hall–Kier alpha value is -1.88. The Labute approximate surface area is 118 Å². The van der Waals surface area contributed by atoms with Crippen LogP contribution in [0.15, 0.2) is 30.3 Å². The van der Waals surface area contributed by atoms with Gasteiger partial charge in [-0.25, -0.2) is 0 Å². The molecule has 0 heterocycles. The van der Waals surface area contributed by atoms with E-state index in [2.05, 4.69) is 5.32 Å². The van der Waals surface area contributed by atoms with Crippen LogP contribution in [0.4, 0.5) is 0 Å². The highest BCUT2D eigenvalue weighted by Crippen LogP contribution is 2.08. The number of hydrogen-bond acceptors (Lipinski definition) is 4. The summed E-state index contributed by atoms with van der Waals surface area (Å²) in [4.78, 5) is 23.7. The van der Waals surface area contributed by atoms with E-state index in [0.29, 0.717) is 5.56 Å². The minimum absolute atomic E-state index is 0.0386. The Kier molecular flexibility index (Phi) is 6.18. The molecule has 1 aromatic carbocycles. The highest BCUT2D eigenvalue weighted by atomic mass is 16.5. The number of nitrogens with one attached hydrogen (secondary N) is 1. The van der Waals surface area contributed by atoms with Gasteiger partial charge in [0.25, 0.3) is 5.91 Å². The van der Waals surface area contributed by atoms with Crippen LogP contribution >= 0.6 is 0 Å². The molecule has 0 saturated heterocycles. The maximum Gasteiger partial charge on any atom is 0.313 e. The van der Waals surface area contributed by atoms with Crippen LogP contribution in [-0.4, -0.2) is 35.7 Å². The first-order valence-electron chi connectivity index (χ1n) is 6.63. The zero-order valence-corrected chi connectivity index (χ0v) is 12.0. The molecule has 0 aliphatic rings. The lowest BCUT2D eigenvalue weighted by atomic mass is 10.0. The number of carbonyl (C=O) groups excluding carboxylic acids is 2. The van der Waals surface area contributed by atoms with E-state index < -0.39 is 18.0 Å². The van der Waals surface area contributed by atoms with Gasteiger partial charge < -0.3 is 15.2 Å². The summed E-state index contributed by atoms with van der Waals surface area (Å²) in [7, 11) is 0. The van der Waals surface area contributed by atoms with E-state index >= 15 is 0 Å². The fourth-order valence-corrected chi connectivity index (χ4v) is 1.66. The Morgan fingerprint density at radius 2 is 1.80 bits per heavy atom. The van der Waals surface area contributed by atoms with Crippen LogP contribution in [-0.2, 0) is 9.53 Å². The van der Waals surface area contributed by atoms with Crippen LogP contribution in [0.5, 0.6) is 0 Å². The first-order chi connectivity index (χ1) is 9.41. The van der Waals surface area contributed by atoms with E-state index in [9.17, 15) is 14.7 Å². The van der Waals surface area contributed by atoms with Gasteiger partial charge in [-0.05, 0) is 32.9 Å². The molecule has 0 radical (unpaired) electrons. The van der Waals surface area contributed by atoms with E-state index in [1.165, 1.54) is 6.92 Å². The molecule has 2 N–H and O–H groups in total. The zero-order chi connectivity index (χ0) is 15.1. The highest BCUT2D eigenvalue weighted by Gasteiger charge is 2.26. The van der Waals surface area contributed by atoms with E-state index in [4.69, 9.17) is 4.74 Å². The maximum absolute atomic E-state index is 11.9. The summed E-state index contributed by atoms with van der Waals surface area (Å²) in [5.41, 5.74) is 0.508. The SMILES string of the molecule is CC(C)OC(=O)[C@H](CNC(=O)c1ccccc1)[C@H](C)O. The van der Waals surface area contributed by atoms with Gasteiger partial charge in [-0.15, -0.1) is 0 Å². The zero-order valence-electron chi connectivity index (χ0n) is 12.0. The third kappa shape index (κ3) is 5.01. The number of aliphatic hydroxyl groups is 1. The first kappa shape index (κ1) is 16.2. The van der Waals surface area contributed by atoms with Gasteiger partial charge in [0, 0.05) is 12.1 Å². The number of amides is 1. The molecular weight excluding hydrogens is 258 g/mol. The highest BCUT2D eigenvalue weighted by molar-refractivity contribution is 5.94. The second kappa shape index (κ2) is 7.65. The number of carbonyl (C=O) groups is 2. The van der Waals surface area contributed by atoms with Gasteiger partial charge >= 0.3 is 5.97 Å². The van der Waals surface area contributed by atoms with Gasteiger partial charge in [0.15, 0.2) is 0 Å². The van der Waals surface area contributed by atoms with Crippen molar-refractivity contribution in [3.63, 3.8) is 0 Å². The summed E-state index contributed by atoms with van der Waals surface area (Å²) in [5.74, 6) is -1.57. The number of hydrogen-bond donors (Lipinski definition) is 2. The molecule has 1 amide bonds. The fraction of sp³-hybridized carbons (Fsp3) is 0.467. The van der Waals surface area contributed by atoms with Crippen LogP contribution in [0, 0.1) is 5.92 Å². The Bertz CT molecular complexity index is 442. The summed E-state index contributed by atoms with van der Waals surface area (Å²) in [6.07, 6.45) is -1.15. The molecule has 1 aromatic rings. The minimum atomic E-state index is -0.891. The normalized spacial score (nSPS) is 13.7. The summed E-state index contributed by atoms with van der Waals surface area (Å²) in [6.45, 7) is 5.01. The van der Waals surface area contributed by atoms with Crippen molar-refractivity contribution in [3.05, 3.63) is 35.9 Å². The Balaban J connectivity index is 2.59. The lowest BCUT2D eigenvalue weighted by molar-refractivity contribution is -0.155. The molecule has 5 nitrogen and oxygen atoms in total. The minimum Gasteiger partial charge on any atom is -0.463 e. The first-order valence-corrected chi connectivity index (χ1v) is 6.63. The lowest BCUT2D eigenvalue weighted by Gasteiger charge is -2.20. The average molecular weight is 279 g/mol. The van der Waals surface area contributed by atoms with Gasteiger partial charge in [0.2, 0.25) is 0 Å². The molecule has 1 rings (SSSR count). The van der Waals surface area contributed by atoms with Crippen molar-refractivity contribution in [2.45, 2.75) is 33.0 Å². The smallest absolute Gasteiger partial charge is 0.313 e. The van der Waals surface area contributed by atoms with Gasteiger partial charge in [0.1, 0.15) is 0 Å². The van der Waals surface area contributed by atoms with Crippen molar-refractivity contribution in [3.8, 4) is 0 Å². The molecule has 0 unspecified atom stereocenters. The van der Waals surface area contributed by atoms with Gasteiger partial charge in [0.05, 0.1) is 18.1 Å². The van der Waals surface area contributed by atoms with E-state index in [-0.39, 0.29) is 18.6 Å². The van der Waals surface area contributed by atoms with Crippen molar-refractivity contribution in [1.29, 1.82) is 0 Å². The Morgan fingerprint density at radius 3 is 2.30 bits per heavy atom. The molecule has 20 heavy (non-hydrogen) atoms. The number of aliphatic hydroxyl groups excluding tert-OH is 1. The lowest BCUT2D eigenvalue weighted by Crippen LogP contribution is -2.40. The van der Waals surface area contributed by atoms with Crippen LogP contribution in [0.1, 0.15) is 31.1 Å². The topological polar surface area (TPSA) is 75.6 Å². The molecule has 0 aromatic heterocycles. The summed E-state index contributed by atoms with van der Waals surface area (Å²) in [5, 5.41) is 12.3. The van der Waals surface area contributed by atoms with E-state index in [1.807, 2.05) is 6.07 Å². The molecule has 0 saturated carbocycles. The molecule has 0 aliphatic heterocycles. The predicted molar refractivity (Wildman–Crippen MR) is 75.2 cm³/mol. The third-order valence-electron chi connectivity index (χ3n) is 2.76. The summed E-state index contributed by atoms with van der Waals surface area (Å²) < 4.78 is 5.06. The van der Waals surface area contributed by atoms with Gasteiger partial charge in [-0.1, -0.05) is 18.2 Å². The number of benzene rings is 1. The molecule has 0 bridgehead atoms. The monoisotopic (exact) mass is 279 g/mol. The van der Waals surface area contributed by atoms with E-state index in [0.717, 1.165) is 0 Å². The van der Waals surface area contributed by atoms with Gasteiger partial charge in [-0.2, -0.15) is 0 Å². The van der Waals surface area contributed by atoms with E-state index in [1.54, 1.807) is 38.1 Å². The van der Waals surface area contributed by atoms with Crippen LogP contribution in [0.3, 0.4) is 0 Å². The Morgan fingerprint density at radius 1 is 1.20 bits per heavy atom. The number of ether oxygens (including phenoxy) is 1. The maximum atomic E-state index is 11.9. The number of esters is 1. The van der Waals surface area contributed by atoms with Crippen molar-refractivity contribution in [2.24, 2.45) is 5.92 Å². The molecular formula is C15H21NO4. The molecule has 110 valence electrons. The van der Waals surface area contributed by atoms with Crippen molar-refractivity contribution >= 4 is 11.9 Å². The van der Waals surface area contributed by atoms with Crippen molar-refractivity contribution in [2.75, 3.05) is 6.54 Å². The van der Waals surface area contributed by atoms with Crippen LogP contribution in [0.25, 0.3) is 0 Å². The second-order valence-corrected chi connectivity index (χ2v) is 4.91. The number of rotatable bonds is 6. The summed E-state index contributed by atoms with van der Waals surface area (Å²) in [6, 6.07) is 8.69. The quantitative estimate of drug-likeness (QED) is 0.771. The summed E-state index contributed by atoms with van der Waals surface area (Å²) >= 11 is 0. The van der Waals surface area contributed by atoms with Crippen LogP contribution < -0.4 is 5.32 Å².